The Balaban J connectivity index is 1.79. The molecule has 5 heteroatoms. The van der Waals surface area contributed by atoms with E-state index in [2.05, 4.69) is 20.9 Å². The van der Waals surface area contributed by atoms with Crippen molar-refractivity contribution in [2.45, 2.75) is 25.8 Å². The molecule has 4 nitrogen and oxygen atoms in total. The quantitative estimate of drug-likeness (QED) is 0.786. The van der Waals surface area contributed by atoms with Gasteiger partial charge in [-0.15, -0.1) is 0 Å². The summed E-state index contributed by atoms with van der Waals surface area (Å²) in [5, 5.41) is 0. The van der Waals surface area contributed by atoms with Crippen LogP contribution in [0.25, 0.3) is 0 Å². The van der Waals surface area contributed by atoms with Gasteiger partial charge < -0.3 is 0 Å². The number of nitrogens with zero attached hydrogens (tertiary/aromatic N) is 2. The smallest absolute Gasteiger partial charge is 0.233 e. The third-order valence-electron chi connectivity index (χ3n) is 3.79. The van der Waals surface area contributed by atoms with Crippen molar-refractivity contribution in [3.05, 3.63) is 28.5 Å². The lowest BCUT2D eigenvalue weighted by Gasteiger charge is -2.15. The van der Waals surface area contributed by atoms with Gasteiger partial charge in [-0.1, -0.05) is 6.42 Å². The molecule has 0 spiro atoms. The molecule has 2 fully saturated rings. The number of carbonyl (C=O) groups is 2. The molecule has 1 aromatic heterocycles. The molecule has 2 unspecified atom stereocenters. The highest BCUT2D eigenvalue weighted by atomic mass is 79.9. The molecule has 1 saturated carbocycles. The van der Waals surface area contributed by atoms with Crippen LogP contribution in [-0.2, 0) is 16.1 Å². The first-order chi connectivity index (χ1) is 8.66. The number of halogens is 1. The lowest BCUT2D eigenvalue weighted by atomic mass is 10.00. The van der Waals surface area contributed by atoms with Crippen molar-refractivity contribution in [2.75, 3.05) is 0 Å². The Kier molecular flexibility index (Phi) is 2.93. The van der Waals surface area contributed by atoms with Crippen molar-refractivity contribution in [3.63, 3.8) is 0 Å². The minimum atomic E-state index is -0.0621. The topological polar surface area (TPSA) is 50.3 Å². The van der Waals surface area contributed by atoms with Gasteiger partial charge in [0.05, 0.1) is 24.1 Å². The monoisotopic (exact) mass is 308 g/mol. The molecule has 0 bridgehead atoms. The van der Waals surface area contributed by atoms with Crippen LogP contribution in [0.5, 0.6) is 0 Å². The van der Waals surface area contributed by atoms with E-state index in [0.717, 1.165) is 29.4 Å². The summed E-state index contributed by atoms with van der Waals surface area (Å²) in [5.74, 6) is -0.139. The largest absolute Gasteiger partial charge is 0.276 e. The molecule has 18 heavy (non-hydrogen) atoms. The van der Waals surface area contributed by atoms with Crippen LogP contribution in [0.1, 0.15) is 25.0 Å². The molecule has 1 aromatic rings. The molecule has 2 atom stereocenters. The van der Waals surface area contributed by atoms with Crippen molar-refractivity contribution in [2.24, 2.45) is 11.8 Å². The molecule has 0 N–H and O–H groups in total. The van der Waals surface area contributed by atoms with Crippen molar-refractivity contribution < 1.29 is 9.59 Å². The number of likely N-dealkylation sites (tertiary alicyclic amines) is 1. The van der Waals surface area contributed by atoms with Gasteiger partial charge in [-0.25, -0.2) is 0 Å². The number of amides is 2. The summed E-state index contributed by atoms with van der Waals surface area (Å²) in [6, 6.07) is 3.70. The first kappa shape index (κ1) is 11.8. The van der Waals surface area contributed by atoms with Crippen molar-refractivity contribution >= 4 is 27.7 Å². The normalized spacial score (nSPS) is 26.8. The van der Waals surface area contributed by atoms with Crippen LogP contribution in [0, 0.1) is 11.8 Å². The fourth-order valence-corrected chi connectivity index (χ4v) is 3.11. The van der Waals surface area contributed by atoms with Gasteiger partial charge >= 0.3 is 0 Å². The molecule has 1 aliphatic heterocycles. The average molecular weight is 309 g/mol. The number of aromatic nitrogens is 1. The highest BCUT2D eigenvalue weighted by Gasteiger charge is 2.49. The van der Waals surface area contributed by atoms with E-state index in [4.69, 9.17) is 0 Å². The second kappa shape index (κ2) is 4.46. The van der Waals surface area contributed by atoms with E-state index in [1.807, 2.05) is 12.1 Å². The van der Waals surface area contributed by atoms with Crippen LogP contribution in [0.15, 0.2) is 22.8 Å². The van der Waals surface area contributed by atoms with Crippen molar-refractivity contribution in [3.8, 4) is 0 Å². The maximum absolute atomic E-state index is 12.1. The van der Waals surface area contributed by atoms with Crippen molar-refractivity contribution in [1.82, 2.24) is 9.88 Å². The Labute approximate surface area is 114 Å². The maximum Gasteiger partial charge on any atom is 0.233 e. The molecule has 3 rings (SSSR count). The second-order valence-corrected chi connectivity index (χ2v) is 5.79. The summed E-state index contributed by atoms with van der Waals surface area (Å²) in [6.07, 6.45) is 4.40. The van der Waals surface area contributed by atoms with E-state index >= 15 is 0 Å². The van der Waals surface area contributed by atoms with Gasteiger partial charge in [-0.05, 0) is 40.9 Å². The minimum absolute atomic E-state index is 0.00720. The van der Waals surface area contributed by atoms with Crippen LogP contribution in [0.2, 0.25) is 0 Å². The molecular formula is C13H13BrN2O2. The number of pyridine rings is 1. The van der Waals surface area contributed by atoms with Crippen LogP contribution in [0.3, 0.4) is 0 Å². The lowest BCUT2D eigenvalue weighted by molar-refractivity contribution is -0.141. The first-order valence-electron chi connectivity index (χ1n) is 6.12. The number of hydrogen-bond donors (Lipinski definition) is 0. The highest BCUT2D eigenvalue weighted by molar-refractivity contribution is 9.10. The van der Waals surface area contributed by atoms with Gasteiger partial charge in [0.15, 0.2) is 0 Å². The zero-order valence-electron chi connectivity index (χ0n) is 9.80. The molecule has 94 valence electrons. The Morgan fingerprint density at radius 2 is 1.89 bits per heavy atom. The van der Waals surface area contributed by atoms with E-state index < -0.39 is 0 Å². The summed E-state index contributed by atoms with van der Waals surface area (Å²) in [6.45, 7) is 0.304. The van der Waals surface area contributed by atoms with Crippen LogP contribution in [0.4, 0.5) is 0 Å². The molecular weight excluding hydrogens is 296 g/mol. The van der Waals surface area contributed by atoms with Crippen LogP contribution < -0.4 is 0 Å². The second-order valence-electron chi connectivity index (χ2n) is 4.87. The molecule has 2 aliphatic rings. The fourth-order valence-electron chi connectivity index (χ4n) is 2.88. The van der Waals surface area contributed by atoms with Gasteiger partial charge in [-0.3, -0.25) is 19.5 Å². The molecule has 1 aliphatic carbocycles. The summed E-state index contributed by atoms with van der Waals surface area (Å²) >= 11 is 3.31. The fraction of sp³-hybridized carbons (Fsp3) is 0.462. The summed E-state index contributed by atoms with van der Waals surface area (Å²) < 4.78 is 0.891. The summed E-state index contributed by atoms with van der Waals surface area (Å²) in [4.78, 5) is 29.9. The van der Waals surface area contributed by atoms with E-state index in [1.165, 1.54) is 4.90 Å². The molecule has 0 aromatic carbocycles. The molecule has 2 heterocycles. The van der Waals surface area contributed by atoms with E-state index in [9.17, 15) is 9.59 Å². The van der Waals surface area contributed by atoms with Crippen LogP contribution >= 0.6 is 15.9 Å². The number of carbonyl (C=O) groups excluding carboxylic acids is 2. The standard InChI is InChI=1S/C13H13BrN2O2/c14-8-4-5-9(15-6-8)7-16-12(17)10-2-1-3-11(10)13(16)18/h4-6,10-11H,1-3,7H2. The molecule has 0 radical (unpaired) electrons. The van der Waals surface area contributed by atoms with Crippen molar-refractivity contribution in [1.29, 1.82) is 0 Å². The van der Waals surface area contributed by atoms with Gasteiger partial charge in [0, 0.05) is 10.7 Å². The zero-order chi connectivity index (χ0) is 12.7. The average Bonchev–Trinajstić information content (AvgIpc) is 2.92. The number of fused-ring (bicyclic) bond motifs is 1. The highest BCUT2D eigenvalue weighted by Crippen LogP contribution is 2.40. The SMILES string of the molecule is O=C1C2CCCC2C(=O)N1Cc1ccc(Br)cn1. The Morgan fingerprint density at radius 1 is 1.22 bits per heavy atom. The Hall–Kier alpha value is -1.23. The third kappa shape index (κ3) is 1.86. The number of rotatable bonds is 2. The predicted octanol–water partition coefficient (Wildman–Crippen LogP) is 2.13. The number of hydrogen-bond acceptors (Lipinski definition) is 3. The summed E-state index contributed by atoms with van der Waals surface area (Å²) in [5.41, 5.74) is 0.750. The van der Waals surface area contributed by atoms with Crippen LogP contribution in [-0.4, -0.2) is 21.7 Å². The maximum atomic E-state index is 12.1. The third-order valence-corrected chi connectivity index (χ3v) is 4.26. The number of imide groups is 1. The Morgan fingerprint density at radius 3 is 2.44 bits per heavy atom. The Bertz CT molecular complexity index is 478. The zero-order valence-corrected chi connectivity index (χ0v) is 11.4. The van der Waals surface area contributed by atoms with Gasteiger partial charge in [0.25, 0.3) is 0 Å². The van der Waals surface area contributed by atoms with Gasteiger partial charge in [0.2, 0.25) is 11.8 Å². The van der Waals surface area contributed by atoms with Gasteiger partial charge in [0.1, 0.15) is 0 Å². The minimum Gasteiger partial charge on any atom is -0.276 e. The summed E-state index contributed by atoms with van der Waals surface area (Å²) in [7, 11) is 0. The van der Waals surface area contributed by atoms with E-state index in [1.54, 1.807) is 6.20 Å². The molecule has 1 saturated heterocycles. The van der Waals surface area contributed by atoms with E-state index in [0.29, 0.717) is 6.54 Å². The van der Waals surface area contributed by atoms with E-state index in [-0.39, 0.29) is 23.7 Å². The van der Waals surface area contributed by atoms with Gasteiger partial charge in [-0.2, -0.15) is 0 Å². The molecule has 2 amide bonds. The lowest BCUT2D eigenvalue weighted by Crippen LogP contribution is -2.31. The first-order valence-corrected chi connectivity index (χ1v) is 6.92. The predicted molar refractivity (Wildman–Crippen MR) is 68.3 cm³/mol.